The molecule has 0 saturated carbocycles. The molecule has 1 N–H and O–H groups in total. The Labute approximate surface area is 159 Å². The van der Waals surface area contributed by atoms with Crippen molar-refractivity contribution in [3.05, 3.63) is 65.7 Å². The third-order valence-corrected chi connectivity index (χ3v) is 6.21. The first-order chi connectivity index (χ1) is 12.3. The van der Waals surface area contributed by atoms with Gasteiger partial charge in [0.05, 0.1) is 6.26 Å². The van der Waals surface area contributed by atoms with Crippen LogP contribution in [0.3, 0.4) is 0 Å². The van der Waals surface area contributed by atoms with Crippen LogP contribution in [0.1, 0.15) is 17.2 Å². The minimum absolute atomic E-state index is 0.325. The van der Waals surface area contributed by atoms with Crippen LogP contribution in [-0.2, 0) is 14.8 Å². The number of likely N-dealkylation sites (N-methyl/N-ethyl adjacent to an activating group) is 1. The summed E-state index contributed by atoms with van der Waals surface area (Å²) in [4.78, 5) is 13.8. The molecule has 0 saturated heterocycles. The first-order valence-corrected chi connectivity index (χ1v) is 11.1. The Morgan fingerprint density at radius 2 is 1.73 bits per heavy atom. The van der Waals surface area contributed by atoms with Crippen molar-refractivity contribution in [3.63, 3.8) is 0 Å². The number of hydrogen-bond acceptors (Lipinski definition) is 4. The van der Waals surface area contributed by atoms with Crippen molar-refractivity contribution in [3.8, 4) is 0 Å². The van der Waals surface area contributed by atoms with E-state index in [9.17, 15) is 13.2 Å². The van der Waals surface area contributed by atoms with Crippen molar-refractivity contribution in [2.24, 2.45) is 0 Å². The van der Waals surface area contributed by atoms with Gasteiger partial charge in [0.25, 0.3) is 0 Å². The number of benzene rings is 2. The second-order valence-corrected chi connectivity index (χ2v) is 9.26. The molecular weight excluding hydrogens is 368 g/mol. The van der Waals surface area contributed by atoms with Gasteiger partial charge in [-0.1, -0.05) is 48.0 Å². The number of thioether (sulfide) groups is 1. The lowest BCUT2D eigenvalue weighted by Crippen LogP contribution is -2.41. The predicted molar refractivity (Wildman–Crippen MR) is 107 cm³/mol. The smallest absolute Gasteiger partial charge is 0.243 e. The summed E-state index contributed by atoms with van der Waals surface area (Å²) in [5, 5.41) is 2.85. The molecule has 0 aliphatic heterocycles. The van der Waals surface area contributed by atoms with E-state index in [-0.39, 0.29) is 5.91 Å². The number of hydrogen-bond donors (Lipinski definition) is 1. The lowest BCUT2D eigenvalue weighted by atomic mass is 10.1. The summed E-state index contributed by atoms with van der Waals surface area (Å²) >= 11 is 1.65. The largest absolute Gasteiger partial charge is 0.354 e. The molecule has 2 aromatic rings. The number of sulfonamides is 1. The van der Waals surface area contributed by atoms with E-state index in [2.05, 4.69) is 5.32 Å². The van der Waals surface area contributed by atoms with Gasteiger partial charge in [-0.3, -0.25) is 4.79 Å². The Bertz CT molecular complexity index is 822. The van der Waals surface area contributed by atoms with Gasteiger partial charge in [0.2, 0.25) is 15.9 Å². The molecule has 1 atom stereocenters. The maximum atomic E-state index is 12.7. The van der Waals surface area contributed by atoms with Crippen molar-refractivity contribution in [1.29, 1.82) is 0 Å². The van der Waals surface area contributed by atoms with Gasteiger partial charge in [-0.15, -0.1) is 11.8 Å². The van der Waals surface area contributed by atoms with Crippen molar-refractivity contribution in [2.75, 3.05) is 25.6 Å². The number of nitrogens with zero attached hydrogens (tertiary/aromatic N) is 1. The summed E-state index contributed by atoms with van der Waals surface area (Å²) in [6, 6.07) is 16.2. The van der Waals surface area contributed by atoms with Crippen LogP contribution in [0.2, 0.25) is 0 Å². The monoisotopic (exact) mass is 392 g/mol. The summed E-state index contributed by atoms with van der Waals surface area (Å²) in [5.41, 5.74) is 1.85. The molecule has 0 fully saturated rings. The summed E-state index contributed by atoms with van der Waals surface area (Å²) in [6.07, 6.45) is 1.10. The van der Waals surface area contributed by atoms with Crippen LogP contribution in [0.25, 0.3) is 0 Å². The Kier molecular flexibility index (Phi) is 7.25. The quantitative estimate of drug-likeness (QED) is 0.554. The zero-order chi connectivity index (χ0) is 19.2. The van der Waals surface area contributed by atoms with Crippen LogP contribution in [0.15, 0.2) is 59.5 Å². The maximum absolute atomic E-state index is 12.7. The molecule has 0 radical (unpaired) electrons. The second kappa shape index (κ2) is 9.21. The minimum Gasteiger partial charge on any atom is -0.354 e. The van der Waals surface area contributed by atoms with Crippen LogP contribution >= 0.6 is 11.8 Å². The van der Waals surface area contributed by atoms with Crippen molar-refractivity contribution >= 4 is 27.7 Å². The number of rotatable bonds is 8. The molecule has 0 aliphatic rings. The highest BCUT2D eigenvalue weighted by Gasteiger charge is 2.30. The van der Waals surface area contributed by atoms with Crippen LogP contribution in [0.4, 0.5) is 0 Å². The van der Waals surface area contributed by atoms with Gasteiger partial charge in [-0.25, -0.2) is 8.42 Å². The maximum Gasteiger partial charge on any atom is 0.243 e. The molecule has 0 aromatic heterocycles. The van der Waals surface area contributed by atoms with Gasteiger partial charge in [-0.2, -0.15) is 4.31 Å². The molecular formula is C19H24N2O3S2. The standard InChI is InChI=1S/C19H24N2O3S2/c1-15-9-11-17(12-10-15)25-14-13-20-19(22)18(21(2)26(3,23)24)16-7-5-4-6-8-16/h4-12,18H,13-14H2,1-3H3,(H,20,22). The molecule has 0 aliphatic carbocycles. The molecule has 2 aromatic carbocycles. The van der Waals surface area contributed by atoms with E-state index in [1.54, 1.807) is 36.0 Å². The first-order valence-electron chi connectivity index (χ1n) is 8.24. The summed E-state index contributed by atoms with van der Waals surface area (Å²) in [6.45, 7) is 2.50. The SMILES string of the molecule is Cc1ccc(SCCNC(=O)C(c2ccccc2)N(C)S(C)(=O)=O)cc1. The zero-order valence-corrected chi connectivity index (χ0v) is 16.8. The van der Waals surface area contributed by atoms with Crippen LogP contribution < -0.4 is 5.32 Å². The van der Waals surface area contributed by atoms with E-state index in [1.165, 1.54) is 12.6 Å². The average Bonchev–Trinajstić information content (AvgIpc) is 2.60. The molecule has 1 unspecified atom stereocenters. The molecule has 140 valence electrons. The fourth-order valence-electron chi connectivity index (χ4n) is 2.43. The van der Waals surface area contributed by atoms with Crippen molar-refractivity contribution < 1.29 is 13.2 Å². The molecule has 26 heavy (non-hydrogen) atoms. The van der Waals surface area contributed by atoms with E-state index in [4.69, 9.17) is 0 Å². The lowest BCUT2D eigenvalue weighted by molar-refractivity contribution is -0.124. The van der Waals surface area contributed by atoms with E-state index >= 15 is 0 Å². The lowest BCUT2D eigenvalue weighted by Gasteiger charge is -2.25. The topological polar surface area (TPSA) is 66.5 Å². The van der Waals surface area contributed by atoms with Gasteiger partial charge in [0.1, 0.15) is 6.04 Å². The fourth-order valence-corrected chi connectivity index (χ4v) is 3.80. The highest BCUT2D eigenvalue weighted by atomic mass is 32.2. The summed E-state index contributed by atoms with van der Waals surface area (Å²) < 4.78 is 25.0. The summed E-state index contributed by atoms with van der Waals surface area (Å²) in [7, 11) is -2.08. The number of carbonyl (C=O) groups excluding carboxylic acids is 1. The first kappa shape index (κ1) is 20.5. The Morgan fingerprint density at radius 3 is 2.31 bits per heavy atom. The van der Waals surface area contributed by atoms with E-state index in [0.717, 1.165) is 15.5 Å². The van der Waals surface area contributed by atoms with Gasteiger partial charge in [0, 0.05) is 24.2 Å². The Morgan fingerprint density at radius 1 is 1.12 bits per heavy atom. The molecule has 1 amide bonds. The average molecular weight is 393 g/mol. The number of amides is 1. The van der Waals surface area contributed by atoms with Crippen LogP contribution in [0.5, 0.6) is 0 Å². The molecule has 5 nitrogen and oxygen atoms in total. The van der Waals surface area contributed by atoms with Crippen molar-refractivity contribution in [2.45, 2.75) is 17.9 Å². The summed E-state index contributed by atoms with van der Waals surface area (Å²) in [5.74, 6) is 0.382. The number of nitrogens with one attached hydrogen (secondary N) is 1. The third kappa shape index (κ3) is 5.86. The van der Waals surface area contributed by atoms with E-state index < -0.39 is 16.1 Å². The van der Waals surface area contributed by atoms with Crippen molar-refractivity contribution in [1.82, 2.24) is 9.62 Å². The van der Waals surface area contributed by atoms with Gasteiger partial charge in [-0.05, 0) is 24.6 Å². The van der Waals surface area contributed by atoms with Gasteiger partial charge >= 0.3 is 0 Å². The highest BCUT2D eigenvalue weighted by Crippen LogP contribution is 2.22. The van der Waals surface area contributed by atoms with E-state index in [1.807, 2.05) is 37.3 Å². The van der Waals surface area contributed by atoms with Gasteiger partial charge in [0.15, 0.2) is 0 Å². The molecule has 0 spiro atoms. The van der Waals surface area contributed by atoms with Crippen LogP contribution in [-0.4, -0.2) is 44.2 Å². The zero-order valence-electron chi connectivity index (χ0n) is 15.2. The predicted octanol–water partition coefficient (Wildman–Crippen LogP) is 2.84. The molecule has 0 heterocycles. The van der Waals surface area contributed by atoms with E-state index in [0.29, 0.717) is 17.9 Å². The third-order valence-electron chi connectivity index (χ3n) is 3.94. The highest BCUT2D eigenvalue weighted by molar-refractivity contribution is 7.99. The van der Waals surface area contributed by atoms with Gasteiger partial charge < -0.3 is 5.32 Å². The Hall–Kier alpha value is -1.83. The Balaban J connectivity index is 1.99. The fraction of sp³-hybridized carbons (Fsp3) is 0.316. The normalized spacial score (nSPS) is 12.8. The molecule has 7 heteroatoms. The number of aryl methyl sites for hydroxylation is 1. The minimum atomic E-state index is -3.51. The molecule has 2 rings (SSSR count). The second-order valence-electron chi connectivity index (χ2n) is 6.04. The number of carbonyl (C=O) groups is 1. The van der Waals surface area contributed by atoms with Crippen LogP contribution in [0, 0.1) is 6.92 Å². The molecule has 0 bridgehead atoms.